The standard InChI is InChI=1S/C9H18N2O.C2H6/c1-9(2,3)7-11-5-4-10-8(12)6-11;1-2/h4-7H2,1-3H3,(H,10,12);1-2H3. The molecule has 14 heavy (non-hydrogen) atoms. The molecule has 0 bridgehead atoms. The van der Waals surface area contributed by atoms with Gasteiger partial charge in [-0.15, -0.1) is 0 Å². The van der Waals surface area contributed by atoms with Crippen molar-refractivity contribution in [3.05, 3.63) is 0 Å². The van der Waals surface area contributed by atoms with Crippen LogP contribution in [-0.2, 0) is 4.79 Å². The van der Waals surface area contributed by atoms with Gasteiger partial charge in [0, 0.05) is 19.6 Å². The van der Waals surface area contributed by atoms with E-state index < -0.39 is 0 Å². The second-order valence-corrected chi connectivity index (χ2v) is 4.62. The first kappa shape index (κ1) is 13.4. The molecule has 0 spiro atoms. The molecule has 1 amide bonds. The normalized spacial score (nSPS) is 18.2. The Bertz CT molecular complexity index is 173. The van der Waals surface area contributed by atoms with Crippen LogP contribution in [0, 0.1) is 5.41 Å². The molecule has 1 rings (SSSR count). The van der Waals surface area contributed by atoms with E-state index in [-0.39, 0.29) is 11.3 Å². The van der Waals surface area contributed by atoms with E-state index in [1.807, 2.05) is 13.8 Å². The molecule has 1 N–H and O–H groups in total. The third-order valence-corrected chi connectivity index (χ3v) is 1.82. The number of carbonyl (C=O) groups is 1. The summed E-state index contributed by atoms with van der Waals surface area (Å²) < 4.78 is 0. The van der Waals surface area contributed by atoms with Crippen molar-refractivity contribution in [2.75, 3.05) is 26.2 Å². The molecular formula is C11H24N2O. The molecule has 1 saturated heterocycles. The molecule has 0 aliphatic carbocycles. The second-order valence-electron chi connectivity index (χ2n) is 4.62. The predicted molar refractivity (Wildman–Crippen MR) is 60.3 cm³/mol. The minimum Gasteiger partial charge on any atom is -0.354 e. The molecule has 0 radical (unpaired) electrons. The Kier molecular flexibility index (Phi) is 5.77. The minimum atomic E-state index is 0.158. The van der Waals surface area contributed by atoms with Gasteiger partial charge in [-0.2, -0.15) is 0 Å². The summed E-state index contributed by atoms with van der Waals surface area (Å²) in [4.78, 5) is 13.2. The fourth-order valence-corrected chi connectivity index (χ4v) is 1.50. The number of nitrogens with one attached hydrogen (secondary N) is 1. The Balaban J connectivity index is 0.000000791. The highest BCUT2D eigenvalue weighted by molar-refractivity contribution is 5.78. The molecule has 0 atom stereocenters. The number of amides is 1. The van der Waals surface area contributed by atoms with E-state index >= 15 is 0 Å². The molecule has 1 aliphatic heterocycles. The van der Waals surface area contributed by atoms with E-state index in [2.05, 4.69) is 31.0 Å². The molecule has 84 valence electrons. The topological polar surface area (TPSA) is 32.3 Å². The van der Waals surface area contributed by atoms with Gasteiger partial charge in [0.15, 0.2) is 0 Å². The van der Waals surface area contributed by atoms with Gasteiger partial charge in [-0.25, -0.2) is 0 Å². The third kappa shape index (κ3) is 5.97. The van der Waals surface area contributed by atoms with Crippen molar-refractivity contribution >= 4 is 5.91 Å². The van der Waals surface area contributed by atoms with Crippen LogP contribution in [0.15, 0.2) is 0 Å². The van der Waals surface area contributed by atoms with Crippen LogP contribution in [0.3, 0.4) is 0 Å². The molecule has 1 aliphatic rings. The lowest BCUT2D eigenvalue weighted by Crippen LogP contribution is -2.49. The van der Waals surface area contributed by atoms with Crippen molar-refractivity contribution in [3.8, 4) is 0 Å². The lowest BCUT2D eigenvalue weighted by Gasteiger charge is -2.32. The van der Waals surface area contributed by atoms with Crippen LogP contribution < -0.4 is 5.32 Å². The van der Waals surface area contributed by atoms with E-state index in [0.717, 1.165) is 19.6 Å². The number of nitrogens with zero attached hydrogens (tertiary/aromatic N) is 1. The van der Waals surface area contributed by atoms with Crippen LogP contribution in [0.4, 0.5) is 0 Å². The molecule has 0 aromatic rings. The molecule has 0 saturated carbocycles. The first-order valence-electron chi connectivity index (χ1n) is 5.46. The molecule has 0 unspecified atom stereocenters. The summed E-state index contributed by atoms with van der Waals surface area (Å²) in [6.07, 6.45) is 0. The summed E-state index contributed by atoms with van der Waals surface area (Å²) in [5, 5.41) is 2.82. The van der Waals surface area contributed by atoms with Gasteiger partial charge in [0.25, 0.3) is 0 Å². The van der Waals surface area contributed by atoms with E-state index in [0.29, 0.717) is 6.54 Å². The largest absolute Gasteiger partial charge is 0.354 e. The maximum Gasteiger partial charge on any atom is 0.234 e. The smallest absolute Gasteiger partial charge is 0.234 e. The highest BCUT2D eigenvalue weighted by Gasteiger charge is 2.21. The summed E-state index contributed by atoms with van der Waals surface area (Å²) in [5.41, 5.74) is 0.289. The van der Waals surface area contributed by atoms with Crippen molar-refractivity contribution in [1.29, 1.82) is 0 Å². The van der Waals surface area contributed by atoms with Gasteiger partial charge in [-0.05, 0) is 5.41 Å². The fraction of sp³-hybridized carbons (Fsp3) is 0.909. The first-order chi connectivity index (χ1) is 6.47. The molecule has 0 aromatic heterocycles. The molecule has 3 nitrogen and oxygen atoms in total. The maximum absolute atomic E-state index is 11.0. The molecular weight excluding hydrogens is 176 g/mol. The van der Waals surface area contributed by atoms with Gasteiger partial charge in [0.05, 0.1) is 6.54 Å². The van der Waals surface area contributed by atoms with Gasteiger partial charge < -0.3 is 5.32 Å². The SMILES string of the molecule is CC.CC(C)(C)CN1CCNC(=O)C1. The monoisotopic (exact) mass is 200 g/mol. The van der Waals surface area contributed by atoms with Gasteiger partial charge in [0.2, 0.25) is 5.91 Å². The summed E-state index contributed by atoms with van der Waals surface area (Å²) in [5.74, 6) is 0.158. The first-order valence-corrected chi connectivity index (χ1v) is 5.46. The maximum atomic E-state index is 11.0. The molecule has 3 heteroatoms. The summed E-state index contributed by atoms with van der Waals surface area (Å²) >= 11 is 0. The van der Waals surface area contributed by atoms with E-state index in [9.17, 15) is 4.79 Å². The number of hydrogen-bond donors (Lipinski definition) is 1. The Morgan fingerprint density at radius 3 is 2.36 bits per heavy atom. The van der Waals surface area contributed by atoms with Crippen molar-refractivity contribution in [2.24, 2.45) is 5.41 Å². The van der Waals surface area contributed by atoms with Crippen LogP contribution in [0.1, 0.15) is 34.6 Å². The molecule has 1 heterocycles. The van der Waals surface area contributed by atoms with Gasteiger partial charge in [-0.3, -0.25) is 9.69 Å². The summed E-state index contributed by atoms with van der Waals surface area (Å²) in [7, 11) is 0. The van der Waals surface area contributed by atoms with Crippen LogP contribution >= 0.6 is 0 Å². The average Bonchev–Trinajstić information content (AvgIpc) is 2.04. The minimum absolute atomic E-state index is 0.158. The van der Waals surface area contributed by atoms with Crippen molar-refractivity contribution in [2.45, 2.75) is 34.6 Å². The summed E-state index contributed by atoms with van der Waals surface area (Å²) in [6.45, 7) is 13.9. The quantitative estimate of drug-likeness (QED) is 0.695. The zero-order valence-electron chi connectivity index (χ0n) is 10.2. The predicted octanol–water partition coefficient (Wildman–Crippen LogP) is 1.49. The average molecular weight is 200 g/mol. The third-order valence-electron chi connectivity index (χ3n) is 1.82. The van der Waals surface area contributed by atoms with Crippen molar-refractivity contribution in [3.63, 3.8) is 0 Å². The van der Waals surface area contributed by atoms with Crippen LogP contribution in [-0.4, -0.2) is 37.0 Å². The second kappa shape index (κ2) is 6.02. The number of hydrogen-bond acceptors (Lipinski definition) is 2. The zero-order valence-corrected chi connectivity index (χ0v) is 10.2. The lowest BCUT2D eigenvalue weighted by molar-refractivity contribution is -0.124. The van der Waals surface area contributed by atoms with Crippen molar-refractivity contribution < 1.29 is 4.79 Å². The highest BCUT2D eigenvalue weighted by Crippen LogP contribution is 2.15. The van der Waals surface area contributed by atoms with Gasteiger partial charge in [0.1, 0.15) is 0 Å². The van der Waals surface area contributed by atoms with Gasteiger partial charge in [-0.1, -0.05) is 34.6 Å². The van der Waals surface area contributed by atoms with Crippen LogP contribution in [0.2, 0.25) is 0 Å². The fourth-order valence-electron chi connectivity index (χ4n) is 1.50. The van der Waals surface area contributed by atoms with Gasteiger partial charge >= 0.3 is 0 Å². The van der Waals surface area contributed by atoms with E-state index in [1.54, 1.807) is 0 Å². The number of piperazine rings is 1. The lowest BCUT2D eigenvalue weighted by atomic mass is 9.96. The van der Waals surface area contributed by atoms with Crippen LogP contribution in [0.25, 0.3) is 0 Å². The number of rotatable bonds is 1. The van der Waals surface area contributed by atoms with E-state index in [4.69, 9.17) is 0 Å². The van der Waals surface area contributed by atoms with Crippen LogP contribution in [0.5, 0.6) is 0 Å². The number of carbonyl (C=O) groups excluding carboxylic acids is 1. The summed E-state index contributed by atoms with van der Waals surface area (Å²) in [6, 6.07) is 0. The van der Waals surface area contributed by atoms with E-state index in [1.165, 1.54) is 0 Å². The zero-order chi connectivity index (χ0) is 11.2. The highest BCUT2D eigenvalue weighted by atomic mass is 16.2. The molecule has 0 aromatic carbocycles. The Morgan fingerprint density at radius 1 is 1.36 bits per heavy atom. The Labute approximate surface area is 87.9 Å². The Morgan fingerprint density at radius 2 is 1.93 bits per heavy atom. The van der Waals surface area contributed by atoms with Crippen molar-refractivity contribution in [1.82, 2.24) is 10.2 Å². The Hall–Kier alpha value is -0.570. The molecule has 1 fully saturated rings.